The van der Waals surface area contributed by atoms with Crippen LogP contribution in [0.15, 0.2) is 40.9 Å². The van der Waals surface area contributed by atoms with Gasteiger partial charge in [0, 0.05) is 24.6 Å². The molecule has 74 valence electrons. The molecule has 0 unspecified atom stereocenters. The summed E-state index contributed by atoms with van der Waals surface area (Å²) >= 11 is 5.39. The highest BCUT2D eigenvalue weighted by molar-refractivity contribution is 9.10. The van der Waals surface area contributed by atoms with Gasteiger partial charge in [-0.3, -0.25) is 0 Å². The van der Waals surface area contributed by atoms with Gasteiger partial charge in [-0.15, -0.1) is 11.3 Å². The van der Waals surface area contributed by atoms with Crippen molar-refractivity contribution < 1.29 is 0 Å². The summed E-state index contributed by atoms with van der Waals surface area (Å²) in [6.45, 7) is 2.14. The van der Waals surface area contributed by atoms with Gasteiger partial charge < -0.3 is 0 Å². The molecule has 0 aliphatic heterocycles. The fourth-order valence-corrected chi connectivity index (χ4v) is 3.40. The molecule has 0 saturated heterocycles. The molecule has 0 radical (unpaired) electrons. The van der Waals surface area contributed by atoms with E-state index in [2.05, 4.69) is 59.3 Å². The predicted molar refractivity (Wildman–Crippen MR) is 71.8 cm³/mol. The highest BCUT2D eigenvalue weighted by Crippen LogP contribution is 2.35. The topological polar surface area (TPSA) is 0 Å². The minimum absolute atomic E-state index is 1.15. The molecule has 1 aromatic heterocycles. The molecule has 0 spiro atoms. The van der Waals surface area contributed by atoms with Gasteiger partial charge in [0.2, 0.25) is 0 Å². The number of hydrogen-bond acceptors (Lipinski definition) is 1. The Kier molecular flexibility index (Phi) is 2.08. The van der Waals surface area contributed by atoms with Crippen molar-refractivity contribution in [1.29, 1.82) is 0 Å². The van der Waals surface area contributed by atoms with E-state index in [0.29, 0.717) is 0 Å². The van der Waals surface area contributed by atoms with Crippen LogP contribution in [-0.2, 0) is 0 Å². The maximum Gasteiger partial charge on any atom is 0.0358 e. The van der Waals surface area contributed by atoms with E-state index < -0.39 is 0 Å². The molecule has 0 N–H and O–H groups in total. The second-order valence-electron chi connectivity index (χ2n) is 3.74. The van der Waals surface area contributed by atoms with Crippen LogP contribution in [-0.4, -0.2) is 0 Å². The summed E-state index contributed by atoms with van der Waals surface area (Å²) in [6.07, 6.45) is 0. The first-order valence-corrected chi connectivity index (χ1v) is 6.43. The molecule has 0 atom stereocenters. The van der Waals surface area contributed by atoms with E-state index in [1.165, 1.54) is 25.7 Å². The Balaban J connectivity index is 2.53. The van der Waals surface area contributed by atoms with Crippen LogP contribution in [0.4, 0.5) is 0 Å². The van der Waals surface area contributed by atoms with Crippen LogP contribution < -0.4 is 0 Å². The van der Waals surface area contributed by atoms with Crippen LogP contribution in [0.5, 0.6) is 0 Å². The molecule has 0 bridgehead atoms. The molecule has 1 heterocycles. The normalized spacial score (nSPS) is 11.3. The van der Waals surface area contributed by atoms with Crippen LogP contribution >= 0.6 is 27.3 Å². The smallest absolute Gasteiger partial charge is 0.0358 e. The van der Waals surface area contributed by atoms with E-state index in [-0.39, 0.29) is 0 Å². The zero-order valence-corrected chi connectivity index (χ0v) is 10.7. The first kappa shape index (κ1) is 9.37. The third kappa shape index (κ3) is 1.48. The molecule has 0 saturated carbocycles. The van der Waals surface area contributed by atoms with Crippen molar-refractivity contribution in [2.24, 2.45) is 0 Å². The average molecular weight is 277 g/mol. The van der Waals surface area contributed by atoms with Gasteiger partial charge in [-0.2, -0.15) is 0 Å². The van der Waals surface area contributed by atoms with Crippen LogP contribution in [0, 0.1) is 6.92 Å². The van der Waals surface area contributed by atoms with Crippen LogP contribution in [0.3, 0.4) is 0 Å². The summed E-state index contributed by atoms with van der Waals surface area (Å²) in [7, 11) is 0. The van der Waals surface area contributed by atoms with Gasteiger partial charge in [0.05, 0.1) is 0 Å². The van der Waals surface area contributed by atoms with Crippen LogP contribution in [0.25, 0.3) is 20.2 Å². The number of rotatable bonds is 0. The molecule has 3 aromatic rings. The molecule has 0 amide bonds. The van der Waals surface area contributed by atoms with Crippen molar-refractivity contribution in [1.82, 2.24) is 0 Å². The van der Waals surface area contributed by atoms with E-state index in [4.69, 9.17) is 0 Å². The molecule has 2 heteroatoms. The summed E-state index contributed by atoms with van der Waals surface area (Å²) in [5, 5.41) is 2.71. The van der Waals surface area contributed by atoms with Gasteiger partial charge >= 0.3 is 0 Å². The number of halogens is 1. The van der Waals surface area contributed by atoms with Crippen LogP contribution in [0.2, 0.25) is 0 Å². The van der Waals surface area contributed by atoms with Crippen molar-refractivity contribution in [2.75, 3.05) is 0 Å². The fraction of sp³-hybridized carbons (Fsp3) is 0.0769. The van der Waals surface area contributed by atoms with E-state index in [9.17, 15) is 0 Å². The van der Waals surface area contributed by atoms with Gasteiger partial charge in [0.25, 0.3) is 0 Å². The summed E-state index contributed by atoms with van der Waals surface area (Å²) in [6, 6.07) is 13.1. The van der Waals surface area contributed by atoms with Crippen molar-refractivity contribution in [3.05, 3.63) is 46.4 Å². The number of benzene rings is 2. The van der Waals surface area contributed by atoms with Gasteiger partial charge in [0.1, 0.15) is 0 Å². The molecule has 0 aliphatic carbocycles. The maximum atomic E-state index is 3.52. The summed E-state index contributed by atoms with van der Waals surface area (Å²) in [5.41, 5.74) is 1.33. The molecule has 2 aromatic carbocycles. The Bertz CT molecular complexity index is 652. The van der Waals surface area contributed by atoms with Gasteiger partial charge in [-0.05, 0) is 36.8 Å². The Morgan fingerprint density at radius 1 is 0.933 bits per heavy atom. The van der Waals surface area contributed by atoms with Crippen molar-refractivity contribution in [3.8, 4) is 0 Å². The molecule has 0 aliphatic rings. The number of aryl methyl sites for hydroxylation is 1. The Labute approximate surface area is 101 Å². The Hall–Kier alpha value is -0.860. The van der Waals surface area contributed by atoms with Crippen molar-refractivity contribution in [2.45, 2.75) is 6.92 Å². The Morgan fingerprint density at radius 2 is 1.80 bits per heavy atom. The second-order valence-corrected chi connectivity index (χ2v) is 5.74. The zero-order valence-electron chi connectivity index (χ0n) is 8.25. The first-order valence-electron chi connectivity index (χ1n) is 4.82. The molecule has 3 rings (SSSR count). The summed E-state index contributed by atoms with van der Waals surface area (Å²) in [5.74, 6) is 0. The summed E-state index contributed by atoms with van der Waals surface area (Å²) < 4.78 is 3.89. The third-order valence-corrected chi connectivity index (χ3v) is 4.22. The second kappa shape index (κ2) is 3.32. The predicted octanol–water partition coefficient (Wildman–Crippen LogP) is 5.13. The third-order valence-electron chi connectivity index (χ3n) is 2.59. The lowest BCUT2D eigenvalue weighted by Gasteiger charge is -1.93. The fourth-order valence-electron chi connectivity index (χ4n) is 1.86. The molecular weight excluding hydrogens is 268 g/mol. The van der Waals surface area contributed by atoms with Gasteiger partial charge in [-0.1, -0.05) is 28.1 Å². The van der Waals surface area contributed by atoms with Gasteiger partial charge in [-0.25, -0.2) is 0 Å². The molecular formula is C13H9BrS. The SMILES string of the molecule is Cc1ccc2c(c1)sc1ccc(Br)cc12. The van der Waals surface area contributed by atoms with Crippen molar-refractivity contribution in [3.63, 3.8) is 0 Å². The number of fused-ring (bicyclic) bond motifs is 3. The molecule has 0 nitrogen and oxygen atoms in total. The Morgan fingerprint density at radius 3 is 2.67 bits per heavy atom. The summed E-state index contributed by atoms with van der Waals surface area (Å²) in [4.78, 5) is 0. The quantitative estimate of drug-likeness (QED) is 0.534. The van der Waals surface area contributed by atoms with E-state index >= 15 is 0 Å². The average Bonchev–Trinajstić information content (AvgIpc) is 2.54. The lowest BCUT2D eigenvalue weighted by molar-refractivity contribution is 1.52. The highest BCUT2D eigenvalue weighted by Gasteiger charge is 2.04. The largest absolute Gasteiger partial charge is 0.135 e. The standard InChI is InChI=1S/C13H9BrS/c1-8-2-4-10-11-7-9(14)3-5-12(11)15-13(10)6-8/h2-7H,1H3. The van der Waals surface area contributed by atoms with E-state index in [1.807, 2.05) is 11.3 Å². The first-order chi connectivity index (χ1) is 7.24. The van der Waals surface area contributed by atoms with Crippen LogP contribution in [0.1, 0.15) is 5.56 Å². The van der Waals surface area contributed by atoms with Crippen molar-refractivity contribution >= 4 is 47.4 Å². The monoisotopic (exact) mass is 276 g/mol. The lowest BCUT2D eigenvalue weighted by atomic mass is 10.1. The number of thiophene rings is 1. The lowest BCUT2D eigenvalue weighted by Crippen LogP contribution is -1.69. The zero-order chi connectivity index (χ0) is 10.4. The minimum Gasteiger partial charge on any atom is -0.135 e. The highest BCUT2D eigenvalue weighted by atomic mass is 79.9. The number of hydrogen-bond donors (Lipinski definition) is 0. The molecule has 15 heavy (non-hydrogen) atoms. The van der Waals surface area contributed by atoms with E-state index in [1.54, 1.807) is 0 Å². The molecule has 0 fully saturated rings. The van der Waals surface area contributed by atoms with Gasteiger partial charge in [0.15, 0.2) is 0 Å². The van der Waals surface area contributed by atoms with E-state index in [0.717, 1.165) is 4.47 Å². The minimum atomic E-state index is 1.15. The maximum absolute atomic E-state index is 3.52.